The molecule has 30 heavy (non-hydrogen) atoms. The molecular weight excluding hydrogens is 399 g/mol. The summed E-state index contributed by atoms with van der Waals surface area (Å²) in [6.07, 6.45) is 6.88. The number of halogens is 2. The molecule has 156 valence electrons. The van der Waals surface area contributed by atoms with Gasteiger partial charge in [0, 0.05) is 28.2 Å². The third-order valence-corrected chi connectivity index (χ3v) is 6.63. The molecule has 1 N–H and O–H groups in total. The number of carbonyl (C=O) groups is 1. The van der Waals surface area contributed by atoms with Gasteiger partial charge in [-0.05, 0) is 98.0 Å². The standard InChI is InChI=1S/C25H26ClFN2O/c1-2-23(29-25(30)18-7-9-19(26)10-8-18)17-5-3-16(4-6-17)21-13-14-28-24-12-11-20(27)15-22(21)24/h7-17,23H,2-6H2,1H3,(H,29,30)/t16-,17+,23?. The number of carbonyl (C=O) groups excluding carboxylic acids is 1. The molecule has 0 bridgehead atoms. The Morgan fingerprint density at radius 2 is 1.87 bits per heavy atom. The second kappa shape index (κ2) is 9.13. The molecule has 4 rings (SSSR count). The van der Waals surface area contributed by atoms with Crippen LogP contribution in [0.15, 0.2) is 54.7 Å². The molecule has 1 fully saturated rings. The first-order valence-electron chi connectivity index (χ1n) is 10.7. The molecule has 1 saturated carbocycles. The van der Waals surface area contributed by atoms with Gasteiger partial charge in [0.25, 0.3) is 5.91 Å². The van der Waals surface area contributed by atoms with Gasteiger partial charge in [-0.3, -0.25) is 9.78 Å². The Labute approximate surface area is 181 Å². The van der Waals surface area contributed by atoms with Gasteiger partial charge < -0.3 is 5.32 Å². The lowest BCUT2D eigenvalue weighted by molar-refractivity contribution is 0.0909. The Kier molecular flexibility index (Phi) is 6.33. The molecule has 1 heterocycles. The zero-order valence-electron chi connectivity index (χ0n) is 17.1. The maximum atomic E-state index is 13.8. The number of hydrogen-bond acceptors (Lipinski definition) is 2. The highest BCUT2D eigenvalue weighted by Crippen LogP contribution is 2.39. The van der Waals surface area contributed by atoms with Gasteiger partial charge in [-0.25, -0.2) is 4.39 Å². The van der Waals surface area contributed by atoms with E-state index >= 15 is 0 Å². The number of rotatable bonds is 5. The Bertz CT molecular complexity index is 1030. The number of benzene rings is 2. The molecule has 0 aliphatic heterocycles. The molecule has 1 atom stereocenters. The monoisotopic (exact) mass is 424 g/mol. The first-order chi connectivity index (χ1) is 14.5. The SMILES string of the molecule is CCC(NC(=O)c1ccc(Cl)cc1)[C@H]1CC[C@@H](c2ccnc3ccc(F)cc32)CC1. The largest absolute Gasteiger partial charge is 0.349 e. The first-order valence-corrected chi connectivity index (χ1v) is 11.0. The lowest BCUT2D eigenvalue weighted by atomic mass is 9.75. The number of nitrogens with one attached hydrogen (secondary N) is 1. The number of pyridine rings is 1. The fourth-order valence-electron chi connectivity index (χ4n) is 4.73. The van der Waals surface area contributed by atoms with E-state index in [4.69, 9.17) is 11.6 Å². The quantitative estimate of drug-likeness (QED) is 0.507. The normalized spacial score (nSPS) is 20.1. The van der Waals surface area contributed by atoms with E-state index in [0.29, 0.717) is 22.4 Å². The molecule has 1 aliphatic rings. The topological polar surface area (TPSA) is 42.0 Å². The summed E-state index contributed by atoms with van der Waals surface area (Å²) in [7, 11) is 0. The van der Waals surface area contributed by atoms with Gasteiger partial charge in [-0.1, -0.05) is 18.5 Å². The summed E-state index contributed by atoms with van der Waals surface area (Å²) in [5.74, 6) is 0.586. The molecule has 0 spiro atoms. The van der Waals surface area contributed by atoms with Crippen molar-refractivity contribution in [2.75, 3.05) is 0 Å². The van der Waals surface area contributed by atoms with Crippen LogP contribution in [0.4, 0.5) is 4.39 Å². The number of amides is 1. The minimum absolute atomic E-state index is 0.0451. The molecule has 1 unspecified atom stereocenters. The predicted octanol–water partition coefficient (Wildman–Crippen LogP) is 6.51. The van der Waals surface area contributed by atoms with Crippen molar-refractivity contribution in [1.82, 2.24) is 10.3 Å². The fraction of sp³-hybridized carbons (Fsp3) is 0.360. The van der Waals surface area contributed by atoms with Crippen LogP contribution in [-0.2, 0) is 0 Å². The van der Waals surface area contributed by atoms with Crippen molar-refractivity contribution >= 4 is 28.4 Å². The average Bonchev–Trinajstić information content (AvgIpc) is 2.77. The molecule has 2 aromatic carbocycles. The van der Waals surface area contributed by atoms with Crippen molar-refractivity contribution in [3.8, 4) is 0 Å². The second-order valence-corrected chi connectivity index (χ2v) is 8.60. The summed E-state index contributed by atoms with van der Waals surface area (Å²) in [6.45, 7) is 2.12. The predicted molar refractivity (Wildman–Crippen MR) is 119 cm³/mol. The van der Waals surface area contributed by atoms with Crippen molar-refractivity contribution in [3.63, 3.8) is 0 Å². The first kappa shape index (κ1) is 20.8. The van der Waals surface area contributed by atoms with Crippen LogP contribution in [0.1, 0.15) is 60.9 Å². The van der Waals surface area contributed by atoms with E-state index in [1.165, 1.54) is 11.6 Å². The summed E-state index contributed by atoms with van der Waals surface area (Å²) < 4.78 is 13.8. The van der Waals surface area contributed by atoms with E-state index in [2.05, 4.69) is 17.2 Å². The second-order valence-electron chi connectivity index (χ2n) is 8.17. The molecule has 1 aromatic heterocycles. The van der Waals surface area contributed by atoms with E-state index in [0.717, 1.165) is 43.0 Å². The minimum Gasteiger partial charge on any atom is -0.349 e. The van der Waals surface area contributed by atoms with E-state index in [9.17, 15) is 9.18 Å². The van der Waals surface area contributed by atoms with E-state index in [1.54, 1.807) is 36.4 Å². The van der Waals surface area contributed by atoms with Crippen molar-refractivity contribution in [2.24, 2.45) is 5.92 Å². The Morgan fingerprint density at radius 3 is 2.57 bits per heavy atom. The Balaban J connectivity index is 1.43. The zero-order chi connectivity index (χ0) is 21.1. The third kappa shape index (κ3) is 4.49. The van der Waals surface area contributed by atoms with E-state index < -0.39 is 0 Å². The minimum atomic E-state index is -0.221. The van der Waals surface area contributed by atoms with Crippen LogP contribution in [0.5, 0.6) is 0 Å². The van der Waals surface area contributed by atoms with Crippen LogP contribution in [0.2, 0.25) is 5.02 Å². The van der Waals surface area contributed by atoms with Crippen LogP contribution < -0.4 is 5.32 Å². The summed E-state index contributed by atoms with van der Waals surface area (Å²) in [5.41, 5.74) is 2.67. The zero-order valence-corrected chi connectivity index (χ0v) is 17.8. The average molecular weight is 425 g/mol. The Morgan fingerprint density at radius 1 is 1.13 bits per heavy atom. The fourth-order valence-corrected chi connectivity index (χ4v) is 4.86. The van der Waals surface area contributed by atoms with Crippen LogP contribution in [-0.4, -0.2) is 16.9 Å². The molecule has 0 radical (unpaired) electrons. The van der Waals surface area contributed by atoms with Gasteiger partial charge in [0.05, 0.1) is 5.52 Å². The molecular formula is C25H26ClFN2O. The van der Waals surface area contributed by atoms with Crippen molar-refractivity contribution in [2.45, 2.75) is 51.0 Å². The van der Waals surface area contributed by atoms with Crippen molar-refractivity contribution < 1.29 is 9.18 Å². The van der Waals surface area contributed by atoms with Crippen molar-refractivity contribution in [3.05, 3.63) is 76.7 Å². The number of aromatic nitrogens is 1. The van der Waals surface area contributed by atoms with Crippen LogP contribution >= 0.6 is 11.6 Å². The molecule has 1 amide bonds. The maximum Gasteiger partial charge on any atom is 0.251 e. The highest BCUT2D eigenvalue weighted by atomic mass is 35.5. The molecule has 5 heteroatoms. The smallest absolute Gasteiger partial charge is 0.251 e. The molecule has 1 aliphatic carbocycles. The van der Waals surface area contributed by atoms with Gasteiger partial charge >= 0.3 is 0 Å². The highest BCUT2D eigenvalue weighted by Gasteiger charge is 2.29. The third-order valence-electron chi connectivity index (χ3n) is 6.38. The number of hydrogen-bond donors (Lipinski definition) is 1. The lowest BCUT2D eigenvalue weighted by Crippen LogP contribution is -2.41. The summed E-state index contributed by atoms with van der Waals surface area (Å²) >= 11 is 5.92. The lowest BCUT2D eigenvalue weighted by Gasteiger charge is -2.34. The molecule has 0 saturated heterocycles. The highest BCUT2D eigenvalue weighted by molar-refractivity contribution is 6.30. The van der Waals surface area contributed by atoms with E-state index in [1.807, 2.05) is 12.3 Å². The maximum absolute atomic E-state index is 13.8. The molecule has 3 nitrogen and oxygen atoms in total. The van der Waals surface area contributed by atoms with Crippen LogP contribution in [0.3, 0.4) is 0 Å². The van der Waals surface area contributed by atoms with Gasteiger partial charge in [0.1, 0.15) is 5.82 Å². The number of fused-ring (bicyclic) bond motifs is 1. The van der Waals surface area contributed by atoms with Gasteiger partial charge in [0.2, 0.25) is 0 Å². The van der Waals surface area contributed by atoms with Gasteiger partial charge in [-0.2, -0.15) is 0 Å². The summed E-state index contributed by atoms with van der Waals surface area (Å²) in [4.78, 5) is 17.0. The molecule has 3 aromatic rings. The Hall–Kier alpha value is -2.46. The van der Waals surface area contributed by atoms with Gasteiger partial charge in [0.15, 0.2) is 0 Å². The van der Waals surface area contributed by atoms with Crippen molar-refractivity contribution in [1.29, 1.82) is 0 Å². The summed E-state index contributed by atoms with van der Waals surface area (Å²) in [6, 6.07) is 14.0. The van der Waals surface area contributed by atoms with Crippen LogP contribution in [0, 0.1) is 11.7 Å². The number of nitrogens with zero attached hydrogens (tertiary/aromatic N) is 1. The summed E-state index contributed by atoms with van der Waals surface area (Å²) in [5, 5.41) is 4.77. The van der Waals surface area contributed by atoms with Gasteiger partial charge in [-0.15, -0.1) is 0 Å². The van der Waals surface area contributed by atoms with Crippen LogP contribution in [0.25, 0.3) is 10.9 Å². The van der Waals surface area contributed by atoms with E-state index in [-0.39, 0.29) is 17.8 Å².